The summed E-state index contributed by atoms with van der Waals surface area (Å²) in [5.41, 5.74) is 0.0350. The molecule has 0 aliphatic rings. The Morgan fingerprint density at radius 3 is 2.73 bits per heavy atom. The van der Waals surface area contributed by atoms with Gasteiger partial charge in [0.25, 0.3) is 0 Å². The molecule has 1 rings (SSSR count). The van der Waals surface area contributed by atoms with Crippen molar-refractivity contribution < 1.29 is 18.3 Å². The van der Waals surface area contributed by atoms with Crippen LogP contribution in [0.3, 0.4) is 0 Å². The fourth-order valence-electron chi connectivity index (χ4n) is 1.12. The monoisotopic (exact) mass is 214 g/mol. The zero-order chi connectivity index (χ0) is 11.3. The number of hydrogen-bond acceptors (Lipinski definition) is 2. The summed E-state index contributed by atoms with van der Waals surface area (Å²) in [4.78, 5) is 10.9. The average Bonchev–Trinajstić information content (AvgIpc) is 2.17. The van der Waals surface area contributed by atoms with Gasteiger partial charge in [0, 0.05) is 12.5 Å². The van der Waals surface area contributed by atoms with Crippen LogP contribution in [0.1, 0.15) is 23.7 Å². The van der Waals surface area contributed by atoms with Crippen molar-refractivity contribution in [3.8, 4) is 5.75 Å². The Morgan fingerprint density at radius 2 is 2.20 bits per heavy atom. The van der Waals surface area contributed by atoms with Gasteiger partial charge in [0.1, 0.15) is 11.6 Å². The Labute approximate surface area is 86.9 Å². The highest BCUT2D eigenvalue weighted by Gasteiger charge is 2.07. The summed E-state index contributed by atoms with van der Waals surface area (Å²) in [6.07, 6.45) is 0.274. The van der Waals surface area contributed by atoms with E-state index in [1.54, 1.807) is 0 Å². The number of ketones is 1. The molecule has 0 aliphatic carbocycles. The Bertz CT molecular complexity index is 350. The van der Waals surface area contributed by atoms with Crippen molar-refractivity contribution in [3.05, 3.63) is 29.6 Å². The van der Waals surface area contributed by atoms with E-state index < -0.39 is 12.5 Å². The SMILES string of the molecule is CC(=O)c1ccc(OCCCF)cc1F. The maximum atomic E-state index is 13.2. The van der Waals surface area contributed by atoms with E-state index in [0.717, 1.165) is 6.07 Å². The lowest BCUT2D eigenvalue weighted by Crippen LogP contribution is -2.01. The van der Waals surface area contributed by atoms with Crippen molar-refractivity contribution >= 4 is 5.78 Å². The van der Waals surface area contributed by atoms with E-state index >= 15 is 0 Å². The number of benzene rings is 1. The maximum Gasteiger partial charge on any atom is 0.162 e. The lowest BCUT2D eigenvalue weighted by molar-refractivity contribution is 0.101. The summed E-state index contributed by atoms with van der Waals surface area (Å²) in [7, 11) is 0. The minimum Gasteiger partial charge on any atom is -0.493 e. The first-order valence-corrected chi connectivity index (χ1v) is 4.64. The fourth-order valence-corrected chi connectivity index (χ4v) is 1.12. The molecule has 0 aromatic heterocycles. The van der Waals surface area contributed by atoms with Gasteiger partial charge < -0.3 is 4.74 Å². The molecule has 0 saturated heterocycles. The van der Waals surface area contributed by atoms with Gasteiger partial charge in [0.15, 0.2) is 5.78 Å². The van der Waals surface area contributed by atoms with E-state index in [0.29, 0.717) is 5.75 Å². The molecule has 0 spiro atoms. The third-order valence-corrected chi connectivity index (χ3v) is 1.87. The molecule has 4 heteroatoms. The molecule has 1 aromatic carbocycles. The molecule has 0 bridgehead atoms. The van der Waals surface area contributed by atoms with Crippen LogP contribution in [-0.4, -0.2) is 19.1 Å². The van der Waals surface area contributed by atoms with Crippen molar-refractivity contribution in [1.29, 1.82) is 0 Å². The lowest BCUT2D eigenvalue weighted by atomic mass is 10.1. The largest absolute Gasteiger partial charge is 0.493 e. The minimum absolute atomic E-state index is 0.0350. The Morgan fingerprint density at radius 1 is 1.47 bits per heavy atom. The molecule has 0 radical (unpaired) electrons. The van der Waals surface area contributed by atoms with E-state index in [1.807, 2.05) is 0 Å². The van der Waals surface area contributed by atoms with Crippen molar-refractivity contribution in [2.24, 2.45) is 0 Å². The van der Waals surface area contributed by atoms with E-state index in [4.69, 9.17) is 4.74 Å². The van der Waals surface area contributed by atoms with Gasteiger partial charge in [0.2, 0.25) is 0 Å². The van der Waals surface area contributed by atoms with Crippen molar-refractivity contribution in [2.75, 3.05) is 13.3 Å². The third-order valence-electron chi connectivity index (χ3n) is 1.87. The van der Waals surface area contributed by atoms with Gasteiger partial charge >= 0.3 is 0 Å². The van der Waals surface area contributed by atoms with E-state index in [2.05, 4.69) is 0 Å². The lowest BCUT2D eigenvalue weighted by Gasteiger charge is -2.05. The number of ether oxygens (including phenoxy) is 1. The second-order valence-corrected chi connectivity index (χ2v) is 3.09. The molecule has 2 nitrogen and oxygen atoms in total. The zero-order valence-corrected chi connectivity index (χ0v) is 8.43. The first-order chi connectivity index (χ1) is 7.15. The number of Topliss-reactive ketones (excluding diaryl/α,β-unsaturated/α-hetero) is 1. The Kier molecular flexibility index (Phi) is 4.21. The van der Waals surface area contributed by atoms with Crippen LogP contribution in [0.15, 0.2) is 18.2 Å². The molecule has 0 unspecified atom stereocenters. The number of carbonyl (C=O) groups excluding carboxylic acids is 1. The van der Waals surface area contributed by atoms with Crippen LogP contribution in [0.4, 0.5) is 8.78 Å². The van der Waals surface area contributed by atoms with Crippen LogP contribution in [0, 0.1) is 5.82 Å². The molecule has 0 fully saturated rings. The highest BCUT2D eigenvalue weighted by Crippen LogP contribution is 2.17. The van der Waals surface area contributed by atoms with Crippen LogP contribution < -0.4 is 4.74 Å². The standard InChI is InChI=1S/C11H12F2O2/c1-8(14)10-4-3-9(7-11(10)13)15-6-2-5-12/h3-4,7H,2,5-6H2,1H3. The van der Waals surface area contributed by atoms with Crippen molar-refractivity contribution in [3.63, 3.8) is 0 Å². The predicted molar refractivity (Wildman–Crippen MR) is 52.5 cm³/mol. The topological polar surface area (TPSA) is 26.3 Å². The molecule has 0 heterocycles. The number of carbonyl (C=O) groups is 1. The summed E-state index contributed by atoms with van der Waals surface area (Å²) in [6, 6.07) is 4.00. The van der Waals surface area contributed by atoms with Crippen LogP contribution in [0.25, 0.3) is 0 Å². The molecule has 1 aromatic rings. The maximum absolute atomic E-state index is 13.2. The van der Waals surface area contributed by atoms with Crippen LogP contribution >= 0.6 is 0 Å². The predicted octanol–water partition coefficient (Wildman–Crippen LogP) is 2.77. The average molecular weight is 214 g/mol. The van der Waals surface area contributed by atoms with Gasteiger partial charge in [-0.3, -0.25) is 9.18 Å². The van der Waals surface area contributed by atoms with Gasteiger partial charge in [-0.1, -0.05) is 0 Å². The fraction of sp³-hybridized carbons (Fsp3) is 0.364. The molecule has 15 heavy (non-hydrogen) atoms. The molecule has 0 aliphatic heterocycles. The summed E-state index contributed by atoms with van der Waals surface area (Å²) >= 11 is 0. The number of rotatable bonds is 5. The molecular formula is C11H12F2O2. The van der Waals surface area contributed by atoms with E-state index in [-0.39, 0.29) is 24.4 Å². The van der Waals surface area contributed by atoms with Crippen LogP contribution in [0.2, 0.25) is 0 Å². The van der Waals surface area contributed by atoms with Gasteiger partial charge in [-0.15, -0.1) is 0 Å². The summed E-state index contributed by atoms with van der Waals surface area (Å²) in [5.74, 6) is -0.631. The van der Waals surface area contributed by atoms with Gasteiger partial charge in [-0.25, -0.2) is 4.39 Å². The van der Waals surface area contributed by atoms with Crippen LogP contribution in [0.5, 0.6) is 5.75 Å². The number of alkyl halides is 1. The number of hydrogen-bond donors (Lipinski definition) is 0. The number of halogens is 2. The molecule has 0 saturated carbocycles. The summed E-state index contributed by atoms with van der Waals surface area (Å²) < 4.78 is 30.1. The zero-order valence-electron chi connectivity index (χ0n) is 8.43. The molecule has 0 amide bonds. The van der Waals surface area contributed by atoms with E-state index in [9.17, 15) is 13.6 Å². The summed E-state index contributed by atoms with van der Waals surface area (Å²) in [5, 5.41) is 0. The minimum atomic E-state index is -0.611. The van der Waals surface area contributed by atoms with Gasteiger partial charge in [-0.05, 0) is 19.1 Å². The second kappa shape index (κ2) is 5.44. The molecule has 0 atom stereocenters. The second-order valence-electron chi connectivity index (χ2n) is 3.09. The smallest absolute Gasteiger partial charge is 0.162 e. The van der Waals surface area contributed by atoms with E-state index in [1.165, 1.54) is 19.1 Å². The normalized spacial score (nSPS) is 10.1. The molecular weight excluding hydrogens is 202 g/mol. The highest BCUT2D eigenvalue weighted by atomic mass is 19.1. The summed E-state index contributed by atoms with van der Waals surface area (Å²) in [6.45, 7) is 1.03. The molecule has 82 valence electrons. The Hall–Kier alpha value is -1.45. The van der Waals surface area contributed by atoms with Crippen LogP contribution in [-0.2, 0) is 0 Å². The first-order valence-electron chi connectivity index (χ1n) is 4.64. The van der Waals surface area contributed by atoms with Crippen molar-refractivity contribution in [2.45, 2.75) is 13.3 Å². The first kappa shape index (κ1) is 11.6. The molecule has 0 N–H and O–H groups in total. The third kappa shape index (κ3) is 3.31. The van der Waals surface area contributed by atoms with Crippen molar-refractivity contribution in [1.82, 2.24) is 0 Å². The Balaban J connectivity index is 2.69. The quantitative estimate of drug-likeness (QED) is 0.556. The van der Waals surface area contributed by atoms with Gasteiger partial charge in [0.05, 0.1) is 18.8 Å². The van der Waals surface area contributed by atoms with Gasteiger partial charge in [-0.2, -0.15) is 0 Å². The highest BCUT2D eigenvalue weighted by molar-refractivity contribution is 5.94.